The molecule has 0 aliphatic carbocycles. The average Bonchev–Trinajstić information content (AvgIpc) is 2.93. The van der Waals surface area contributed by atoms with Gasteiger partial charge < -0.3 is 10.6 Å². The fourth-order valence-corrected chi connectivity index (χ4v) is 4.65. The van der Waals surface area contributed by atoms with Crippen LogP contribution in [0.25, 0.3) is 0 Å². The van der Waals surface area contributed by atoms with Gasteiger partial charge in [-0.3, -0.25) is 4.79 Å². The van der Waals surface area contributed by atoms with Crippen LogP contribution in [-0.2, 0) is 16.3 Å². The third-order valence-corrected chi connectivity index (χ3v) is 6.07. The fourth-order valence-electron chi connectivity index (χ4n) is 2.98. The molecule has 1 aromatic heterocycles. The third kappa shape index (κ3) is 4.37. The molecule has 0 radical (unpaired) electrons. The number of carbonyl (C=O) groups is 1. The summed E-state index contributed by atoms with van der Waals surface area (Å²) in [5.41, 5.74) is 2.68. The quantitative estimate of drug-likeness (QED) is 0.832. The minimum Gasteiger partial charge on any atom is -0.350 e. The highest BCUT2D eigenvalue weighted by atomic mass is 32.2. The van der Waals surface area contributed by atoms with E-state index in [4.69, 9.17) is 0 Å². The number of nitrogens with one attached hydrogen (secondary N) is 2. The van der Waals surface area contributed by atoms with Gasteiger partial charge in [-0.1, -0.05) is 25.1 Å². The second-order valence-electron chi connectivity index (χ2n) is 6.43. The molecule has 3 rings (SSSR count). The predicted octanol–water partition coefficient (Wildman–Crippen LogP) is 2.20. The summed E-state index contributed by atoms with van der Waals surface area (Å²) in [6, 6.07) is 9.01. The zero-order valence-electron chi connectivity index (χ0n) is 14.8. The van der Waals surface area contributed by atoms with Crippen LogP contribution in [0.2, 0.25) is 0 Å². The first-order valence-electron chi connectivity index (χ1n) is 8.58. The number of hydrogen-bond donors (Lipinski definition) is 2. The van der Waals surface area contributed by atoms with Gasteiger partial charge in [0.05, 0.1) is 11.5 Å². The Morgan fingerprint density at radius 3 is 2.73 bits per heavy atom. The van der Waals surface area contributed by atoms with E-state index in [0.717, 1.165) is 17.7 Å². The SMILES string of the molecule is CCc1ccccc1NC(=O)c1cc(C)nc(NC2CCS(=O)(=O)C2)n1. The van der Waals surface area contributed by atoms with Crippen LogP contribution in [0.3, 0.4) is 0 Å². The molecule has 2 N–H and O–H groups in total. The Labute approximate surface area is 153 Å². The van der Waals surface area contributed by atoms with E-state index in [1.807, 2.05) is 31.2 Å². The molecule has 1 saturated heterocycles. The maximum absolute atomic E-state index is 12.6. The maximum Gasteiger partial charge on any atom is 0.274 e. The Bertz CT molecular complexity index is 928. The van der Waals surface area contributed by atoms with Crippen LogP contribution >= 0.6 is 0 Å². The van der Waals surface area contributed by atoms with Gasteiger partial charge in [-0.15, -0.1) is 0 Å². The van der Waals surface area contributed by atoms with Crippen molar-refractivity contribution in [2.75, 3.05) is 22.1 Å². The summed E-state index contributed by atoms with van der Waals surface area (Å²) in [6.45, 7) is 3.80. The maximum atomic E-state index is 12.6. The van der Waals surface area contributed by atoms with Crippen molar-refractivity contribution in [1.29, 1.82) is 0 Å². The minimum atomic E-state index is -3.00. The summed E-state index contributed by atoms with van der Waals surface area (Å²) in [6.07, 6.45) is 1.33. The molecule has 0 bridgehead atoms. The number of aromatic nitrogens is 2. The van der Waals surface area contributed by atoms with E-state index in [1.165, 1.54) is 0 Å². The lowest BCUT2D eigenvalue weighted by Crippen LogP contribution is -2.23. The van der Waals surface area contributed by atoms with Gasteiger partial charge in [0.2, 0.25) is 5.95 Å². The summed E-state index contributed by atoms with van der Waals surface area (Å²) in [5.74, 6) is 0.187. The van der Waals surface area contributed by atoms with Gasteiger partial charge in [0.15, 0.2) is 9.84 Å². The first-order valence-corrected chi connectivity index (χ1v) is 10.4. The molecule has 26 heavy (non-hydrogen) atoms. The molecular weight excluding hydrogens is 352 g/mol. The fraction of sp³-hybridized carbons (Fsp3) is 0.389. The van der Waals surface area contributed by atoms with E-state index in [0.29, 0.717) is 12.1 Å². The molecule has 1 aromatic carbocycles. The van der Waals surface area contributed by atoms with Gasteiger partial charge in [-0.25, -0.2) is 18.4 Å². The molecule has 8 heteroatoms. The molecule has 7 nitrogen and oxygen atoms in total. The first kappa shape index (κ1) is 18.3. The number of aryl methyl sites for hydroxylation is 2. The van der Waals surface area contributed by atoms with E-state index < -0.39 is 9.84 Å². The molecule has 1 amide bonds. The number of benzene rings is 1. The first-order chi connectivity index (χ1) is 12.4. The second kappa shape index (κ2) is 7.41. The van der Waals surface area contributed by atoms with E-state index in [1.54, 1.807) is 13.0 Å². The summed E-state index contributed by atoms with van der Waals surface area (Å²) in [4.78, 5) is 21.1. The van der Waals surface area contributed by atoms with Crippen molar-refractivity contribution in [2.45, 2.75) is 32.7 Å². The van der Waals surface area contributed by atoms with Crippen molar-refractivity contribution in [2.24, 2.45) is 0 Å². The number of carbonyl (C=O) groups excluding carboxylic acids is 1. The summed E-state index contributed by atoms with van der Waals surface area (Å²) in [7, 11) is -3.00. The van der Waals surface area contributed by atoms with Crippen molar-refractivity contribution >= 4 is 27.4 Å². The van der Waals surface area contributed by atoms with Gasteiger partial charge in [-0.2, -0.15) is 0 Å². The van der Waals surface area contributed by atoms with Gasteiger partial charge in [0, 0.05) is 17.4 Å². The lowest BCUT2D eigenvalue weighted by molar-refractivity contribution is 0.102. The van der Waals surface area contributed by atoms with Gasteiger partial charge >= 0.3 is 0 Å². The molecule has 1 fully saturated rings. The number of amides is 1. The highest BCUT2D eigenvalue weighted by molar-refractivity contribution is 7.91. The van der Waals surface area contributed by atoms with Crippen LogP contribution in [0, 0.1) is 6.92 Å². The minimum absolute atomic E-state index is 0.0652. The predicted molar refractivity (Wildman–Crippen MR) is 101 cm³/mol. The highest BCUT2D eigenvalue weighted by Crippen LogP contribution is 2.18. The number of anilines is 2. The Balaban J connectivity index is 1.77. The monoisotopic (exact) mass is 374 g/mol. The number of para-hydroxylation sites is 1. The van der Waals surface area contributed by atoms with E-state index in [9.17, 15) is 13.2 Å². The van der Waals surface area contributed by atoms with E-state index in [-0.39, 0.29) is 35.1 Å². The van der Waals surface area contributed by atoms with Crippen LogP contribution < -0.4 is 10.6 Å². The van der Waals surface area contributed by atoms with Crippen LogP contribution in [0.1, 0.15) is 35.1 Å². The number of hydrogen-bond acceptors (Lipinski definition) is 6. The van der Waals surface area contributed by atoms with Crippen molar-refractivity contribution < 1.29 is 13.2 Å². The highest BCUT2D eigenvalue weighted by Gasteiger charge is 2.28. The van der Waals surface area contributed by atoms with E-state index >= 15 is 0 Å². The number of sulfone groups is 1. The Kier molecular flexibility index (Phi) is 5.22. The van der Waals surface area contributed by atoms with Crippen molar-refractivity contribution in [1.82, 2.24) is 9.97 Å². The smallest absolute Gasteiger partial charge is 0.274 e. The molecule has 0 saturated carbocycles. The van der Waals surface area contributed by atoms with Crippen LogP contribution in [0.5, 0.6) is 0 Å². The topological polar surface area (TPSA) is 101 Å². The summed E-state index contributed by atoms with van der Waals surface area (Å²) < 4.78 is 23.2. The zero-order valence-corrected chi connectivity index (χ0v) is 15.6. The van der Waals surface area contributed by atoms with Crippen molar-refractivity contribution in [3.8, 4) is 0 Å². The van der Waals surface area contributed by atoms with Crippen LogP contribution in [0.15, 0.2) is 30.3 Å². The number of nitrogens with zero attached hydrogens (tertiary/aromatic N) is 2. The molecule has 0 spiro atoms. The molecule has 138 valence electrons. The largest absolute Gasteiger partial charge is 0.350 e. The zero-order chi connectivity index (χ0) is 18.7. The summed E-state index contributed by atoms with van der Waals surface area (Å²) >= 11 is 0. The lowest BCUT2D eigenvalue weighted by Gasteiger charge is -2.13. The molecule has 1 unspecified atom stereocenters. The molecule has 1 aliphatic rings. The standard InChI is InChI=1S/C18H22N4O3S/c1-3-13-6-4-5-7-15(13)21-17(23)16-10-12(2)19-18(22-16)20-14-8-9-26(24,25)11-14/h4-7,10,14H,3,8-9,11H2,1-2H3,(H,21,23)(H,19,20,22). The van der Waals surface area contributed by atoms with Gasteiger partial charge in [0.25, 0.3) is 5.91 Å². The normalized spacial score (nSPS) is 18.5. The Hall–Kier alpha value is -2.48. The van der Waals surface area contributed by atoms with Gasteiger partial charge in [0.1, 0.15) is 5.69 Å². The molecule has 2 heterocycles. The second-order valence-corrected chi connectivity index (χ2v) is 8.66. The Morgan fingerprint density at radius 2 is 2.04 bits per heavy atom. The van der Waals surface area contributed by atoms with Crippen molar-refractivity contribution in [3.05, 3.63) is 47.3 Å². The molecular formula is C18H22N4O3S. The number of rotatable bonds is 5. The van der Waals surface area contributed by atoms with Crippen LogP contribution in [0.4, 0.5) is 11.6 Å². The Morgan fingerprint density at radius 1 is 1.27 bits per heavy atom. The average molecular weight is 374 g/mol. The van der Waals surface area contributed by atoms with Crippen LogP contribution in [-0.4, -0.2) is 41.8 Å². The molecule has 1 aliphatic heterocycles. The lowest BCUT2D eigenvalue weighted by atomic mass is 10.1. The molecule has 2 aromatic rings. The van der Waals surface area contributed by atoms with Gasteiger partial charge in [-0.05, 0) is 37.5 Å². The van der Waals surface area contributed by atoms with Crippen molar-refractivity contribution in [3.63, 3.8) is 0 Å². The third-order valence-electron chi connectivity index (χ3n) is 4.30. The van der Waals surface area contributed by atoms with E-state index in [2.05, 4.69) is 20.6 Å². The summed E-state index contributed by atoms with van der Waals surface area (Å²) in [5, 5.41) is 5.92. The molecule has 1 atom stereocenters.